The van der Waals surface area contributed by atoms with Gasteiger partial charge < -0.3 is 24.3 Å². The van der Waals surface area contributed by atoms with Crippen LogP contribution in [-0.2, 0) is 14.3 Å². The largest absolute Gasteiger partial charge is 0.494 e. The molecule has 3 aromatic carbocycles. The van der Waals surface area contributed by atoms with Gasteiger partial charge in [0, 0.05) is 55.7 Å². The summed E-state index contributed by atoms with van der Waals surface area (Å²) in [6, 6.07) is 20.2. The maximum Gasteiger partial charge on any atom is 0.262 e. The maximum absolute atomic E-state index is 13.0. The quantitative estimate of drug-likeness (QED) is 0.124. The van der Waals surface area contributed by atoms with Crippen LogP contribution < -0.4 is 24.8 Å². The minimum atomic E-state index is -1.01. The number of hydrogen-bond acceptors (Lipinski definition) is 11. The fourth-order valence-corrected chi connectivity index (χ4v) is 7.16. The first kappa shape index (κ1) is 38.0. The van der Waals surface area contributed by atoms with Crippen LogP contribution in [0.5, 0.6) is 17.2 Å². The van der Waals surface area contributed by atoms with Gasteiger partial charge in [0.05, 0.1) is 41.5 Å². The first-order valence-corrected chi connectivity index (χ1v) is 18.8. The number of nitrogens with one attached hydrogen (secondary N) is 2. The lowest BCUT2D eigenvalue weighted by Crippen LogP contribution is -2.54. The number of aromatic nitrogens is 1. The van der Waals surface area contributed by atoms with Crippen molar-refractivity contribution < 1.29 is 42.9 Å². The van der Waals surface area contributed by atoms with Gasteiger partial charge in [-0.2, -0.15) is 5.26 Å². The third-order valence-electron chi connectivity index (χ3n) is 10.1. The summed E-state index contributed by atoms with van der Waals surface area (Å²) >= 11 is 0. The first-order valence-electron chi connectivity index (χ1n) is 18.8. The summed E-state index contributed by atoms with van der Waals surface area (Å²) in [5, 5.41) is 15.6. The molecule has 1 aromatic heterocycles. The highest BCUT2D eigenvalue weighted by Gasteiger charge is 2.44. The first-order chi connectivity index (χ1) is 27.3. The second kappa shape index (κ2) is 17.4. The maximum atomic E-state index is 13.0. The molecule has 2 N–H and O–H groups in total. The number of benzene rings is 3. The Balaban J connectivity index is 0.753. The summed E-state index contributed by atoms with van der Waals surface area (Å²) in [6.07, 6.45) is 6.31. The lowest BCUT2D eigenvalue weighted by atomic mass is 9.92. The van der Waals surface area contributed by atoms with Gasteiger partial charge in [-0.15, -0.1) is 0 Å². The Labute approximate surface area is 323 Å². The molecule has 288 valence electrons. The molecule has 1 atom stereocenters. The Bertz CT molecular complexity index is 2180. The minimum absolute atomic E-state index is 0.0181. The average Bonchev–Trinajstić information content (AvgIpc) is 3.46. The van der Waals surface area contributed by atoms with Crippen molar-refractivity contribution in [1.29, 1.82) is 5.26 Å². The Kier molecular flexibility index (Phi) is 11.8. The summed E-state index contributed by atoms with van der Waals surface area (Å²) in [7, 11) is 0. The summed E-state index contributed by atoms with van der Waals surface area (Å²) in [5.74, 6) is -0.537. The predicted octanol–water partition coefficient (Wildman–Crippen LogP) is 4.88. The molecule has 0 radical (unpaired) electrons. The molecule has 2 aliphatic heterocycles. The summed E-state index contributed by atoms with van der Waals surface area (Å²) in [6.45, 7) is 1.72. The number of nitriles is 1. The van der Waals surface area contributed by atoms with Gasteiger partial charge in [-0.3, -0.25) is 39.2 Å². The van der Waals surface area contributed by atoms with E-state index in [4.69, 9.17) is 18.9 Å². The van der Waals surface area contributed by atoms with Gasteiger partial charge in [0.2, 0.25) is 11.8 Å². The highest BCUT2D eigenvalue weighted by Crippen LogP contribution is 2.32. The van der Waals surface area contributed by atoms with Crippen molar-refractivity contribution in [3.05, 3.63) is 95.2 Å². The van der Waals surface area contributed by atoms with Crippen molar-refractivity contribution in [2.24, 2.45) is 0 Å². The van der Waals surface area contributed by atoms with Crippen molar-refractivity contribution in [2.75, 3.05) is 26.4 Å². The monoisotopic (exact) mass is 759 g/mol. The Morgan fingerprint density at radius 1 is 0.839 bits per heavy atom. The van der Waals surface area contributed by atoms with E-state index in [0.29, 0.717) is 67.4 Å². The van der Waals surface area contributed by atoms with Crippen LogP contribution in [0.15, 0.2) is 72.9 Å². The van der Waals surface area contributed by atoms with Crippen molar-refractivity contribution in [2.45, 2.75) is 69.6 Å². The molecule has 0 bridgehead atoms. The number of imide groups is 2. The molecule has 4 aromatic rings. The second-order valence-corrected chi connectivity index (χ2v) is 13.9. The van der Waals surface area contributed by atoms with Crippen LogP contribution in [0.1, 0.15) is 88.0 Å². The molecular formula is C42H41N5O9. The summed E-state index contributed by atoms with van der Waals surface area (Å²) in [5.41, 5.74) is 2.08. The van der Waals surface area contributed by atoms with Gasteiger partial charge in [-0.05, 0) is 98.8 Å². The number of fused-ring (bicyclic) bond motifs is 2. The van der Waals surface area contributed by atoms with Gasteiger partial charge in [-0.1, -0.05) is 0 Å². The topological polar surface area (TPSA) is 186 Å². The van der Waals surface area contributed by atoms with E-state index in [1.54, 1.807) is 42.6 Å². The lowest BCUT2D eigenvalue weighted by Gasteiger charge is -2.30. The van der Waals surface area contributed by atoms with Crippen LogP contribution in [0, 0.1) is 11.3 Å². The Morgan fingerprint density at radius 2 is 1.55 bits per heavy atom. The van der Waals surface area contributed by atoms with Crippen molar-refractivity contribution in [1.82, 2.24) is 20.5 Å². The molecule has 0 spiro atoms. The molecule has 2 fully saturated rings. The minimum Gasteiger partial charge on any atom is -0.494 e. The molecule has 5 amide bonds. The van der Waals surface area contributed by atoms with Gasteiger partial charge in [0.25, 0.3) is 17.7 Å². The van der Waals surface area contributed by atoms with E-state index >= 15 is 0 Å². The van der Waals surface area contributed by atoms with E-state index in [9.17, 15) is 29.2 Å². The number of pyridine rings is 1. The van der Waals surface area contributed by atoms with Gasteiger partial charge in [0.15, 0.2) is 0 Å². The van der Waals surface area contributed by atoms with E-state index in [2.05, 4.69) is 21.7 Å². The van der Waals surface area contributed by atoms with Crippen LogP contribution >= 0.6 is 0 Å². The number of nitrogens with zero attached hydrogens (tertiary/aromatic N) is 3. The number of piperidine rings is 1. The van der Waals surface area contributed by atoms with Crippen LogP contribution in [-0.4, -0.2) is 84.0 Å². The smallest absolute Gasteiger partial charge is 0.262 e. The molecule has 1 saturated carbocycles. The number of amides is 5. The van der Waals surface area contributed by atoms with E-state index < -0.39 is 29.7 Å². The highest BCUT2D eigenvalue weighted by atomic mass is 16.5. The van der Waals surface area contributed by atoms with Crippen LogP contribution in [0.25, 0.3) is 10.9 Å². The fraction of sp³-hybridized carbons (Fsp3) is 0.357. The SMILES string of the molecule is N#Cc1ccc(OC2CCC(NC(=O)c3ccc(OCCCOCCCOc4ccc5c(c4)C(=O)N(C4CCC(=O)NC4=O)C5=O)cc3)CC2)c2cccnc12. The zero-order valence-electron chi connectivity index (χ0n) is 30.7. The predicted molar refractivity (Wildman–Crippen MR) is 201 cm³/mol. The lowest BCUT2D eigenvalue weighted by molar-refractivity contribution is -0.136. The zero-order chi connectivity index (χ0) is 39.0. The van der Waals surface area contributed by atoms with Crippen LogP contribution in [0.4, 0.5) is 0 Å². The second-order valence-electron chi connectivity index (χ2n) is 13.9. The molecule has 7 rings (SSSR count). The molecule has 56 heavy (non-hydrogen) atoms. The Hall–Kier alpha value is -6.33. The van der Waals surface area contributed by atoms with Crippen LogP contribution in [0.2, 0.25) is 0 Å². The van der Waals surface area contributed by atoms with E-state index in [1.165, 1.54) is 12.1 Å². The Morgan fingerprint density at radius 3 is 2.29 bits per heavy atom. The number of ether oxygens (including phenoxy) is 4. The highest BCUT2D eigenvalue weighted by molar-refractivity contribution is 6.23. The number of carbonyl (C=O) groups is 5. The number of carbonyl (C=O) groups excluding carboxylic acids is 5. The van der Waals surface area contributed by atoms with Gasteiger partial charge >= 0.3 is 0 Å². The normalized spacial score (nSPS) is 19.3. The van der Waals surface area contributed by atoms with E-state index in [0.717, 1.165) is 41.7 Å². The van der Waals surface area contributed by atoms with Crippen molar-refractivity contribution >= 4 is 40.4 Å². The molecule has 1 unspecified atom stereocenters. The summed E-state index contributed by atoms with van der Waals surface area (Å²) < 4.78 is 23.6. The molecule has 14 heteroatoms. The number of rotatable bonds is 15. The van der Waals surface area contributed by atoms with Crippen molar-refractivity contribution in [3.63, 3.8) is 0 Å². The molecule has 3 aliphatic rings. The van der Waals surface area contributed by atoms with Gasteiger partial charge in [-0.25, -0.2) is 0 Å². The molecule has 1 saturated heterocycles. The average molecular weight is 760 g/mol. The fourth-order valence-electron chi connectivity index (χ4n) is 7.16. The number of hydrogen-bond donors (Lipinski definition) is 2. The van der Waals surface area contributed by atoms with Crippen LogP contribution in [0.3, 0.4) is 0 Å². The zero-order valence-corrected chi connectivity index (χ0v) is 30.7. The molecule has 1 aliphatic carbocycles. The third-order valence-corrected chi connectivity index (χ3v) is 10.1. The van der Waals surface area contributed by atoms with Gasteiger partial charge in [0.1, 0.15) is 29.4 Å². The summed E-state index contributed by atoms with van der Waals surface area (Å²) in [4.78, 5) is 67.9. The standard InChI is InChI=1S/C42H41N5O9/c43-25-27-7-17-36(33-4-1-19-44-38(27)33)56-30-12-8-28(9-13-30)45-39(49)26-5-10-29(11-6-26)54-22-2-20-53-21-3-23-55-31-14-15-32-34(24-31)42(52)47(41(32)51)35-16-18-37(48)46-40(35)50/h1,4-7,10-11,14-15,17,19,24,28,30,35H,2-3,8-9,12-13,16,18,20-23H2,(H,45,49)(H,46,48,50). The molecule has 14 nitrogen and oxygen atoms in total. The molecule has 3 heterocycles. The molecular weight excluding hydrogens is 718 g/mol. The van der Waals surface area contributed by atoms with Crippen molar-refractivity contribution in [3.8, 4) is 23.3 Å². The third kappa shape index (κ3) is 8.63. The van der Waals surface area contributed by atoms with E-state index in [-0.39, 0.29) is 42.0 Å². The van der Waals surface area contributed by atoms with E-state index in [1.807, 2.05) is 18.2 Å².